The molecule has 0 bridgehead atoms. The molecule has 1 fully saturated rings. The Morgan fingerprint density at radius 2 is 2.16 bits per heavy atom. The molecule has 3 N–H and O–H groups in total. The van der Waals surface area contributed by atoms with E-state index < -0.39 is 0 Å². The van der Waals surface area contributed by atoms with Crippen molar-refractivity contribution in [2.75, 3.05) is 11.9 Å². The van der Waals surface area contributed by atoms with E-state index in [0.717, 1.165) is 28.6 Å². The first-order valence-corrected chi connectivity index (χ1v) is 7.59. The number of hydrogen-bond acceptors (Lipinski definition) is 2. The Labute approximate surface area is 121 Å². The van der Waals surface area contributed by atoms with Gasteiger partial charge in [-0.25, -0.2) is 0 Å². The van der Waals surface area contributed by atoms with E-state index in [4.69, 9.17) is 17.3 Å². The molecule has 3 unspecified atom stereocenters. The number of aryl methyl sites for hydroxylation is 1. The second-order valence-electron chi connectivity index (χ2n) is 6.23. The van der Waals surface area contributed by atoms with Gasteiger partial charge in [0.1, 0.15) is 0 Å². The maximum atomic E-state index is 6.21. The SMILES string of the molecule is Cc1ccc(NC2(CN)CCC(C)CC2C)cc1Cl. The molecule has 106 valence electrons. The molecule has 1 saturated carbocycles. The standard InChI is InChI=1S/C16H25ClN2/c1-11-6-7-16(10-18,13(3)8-11)19-14-5-4-12(2)15(17)9-14/h4-5,9,11,13,19H,6-8,10,18H2,1-3H3. The van der Waals surface area contributed by atoms with Gasteiger partial charge in [0.15, 0.2) is 0 Å². The van der Waals surface area contributed by atoms with Crippen LogP contribution in [-0.2, 0) is 0 Å². The molecule has 2 rings (SSSR count). The van der Waals surface area contributed by atoms with Crippen LogP contribution in [0.2, 0.25) is 5.02 Å². The summed E-state index contributed by atoms with van der Waals surface area (Å²) < 4.78 is 0. The van der Waals surface area contributed by atoms with Crippen molar-refractivity contribution in [2.45, 2.75) is 45.6 Å². The van der Waals surface area contributed by atoms with Crippen LogP contribution >= 0.6 is 11.6 Å². The molecule has 1 aromatic rings. The van der Waals surface area contributed by atoms with Crippen LogP contribution < -0.4 is 11.1 Å². The van der Waals surface area contributed by atoms with Crippen molar-refractivity contribution in [3.63, 3.8) is 0 Å². The summed E-state index contributed by atoms with van der Waals surface area (Å²) in [6.45, 7) is 7.34. The van der Waals surface area contributed by atoms with Gasteiger partial charge in [0, 0.05) is 17.3 Å². The van der Waals surface area contributed by atoms with Gasteiger partial charge in [-0.2, -0.15) is 0 Å². The molecule has 1 aliphatic rings. The molecule has 2 nitrogen and oxygen atoms in total. The van der Waals surface area contributed by atoms with Crippen molar-refractivity contribution >= 4 is 17.3 Å². The van der Waals surface area contributed by atoms with Crippen molar-refractivity contribution in [2.24, 2.45) is 17.6 Å². The second-order valence-corrected chi connectivity index (χ2v) is 6.64. The maximum Gasteiger partial charge on any atom is 0.0521 e. The smallest absolute Gasteiger partial charge is 0.0521 e. The third kappa shape index (κ3) is 3.06. The number of nitrogens with one attached hydrogen (secondary N) is 1. The van der Waals surface area contributed by atoms with Gasteiger partial charge in [-0.15, -0.1) is 0 Å². The van der Waals surface area contributed by atoms with E-state index in [9.17, 15) is 0 Å². The Kier molecular flexibility index (Phi) is 4.42. The Morgan fingerprint density at radius 3 is 2.74 bits per heavy atom. The number of anilines is 1. The monoisotopic (exact) mass is 280 g/mol. The lowest BCUT2D eigenvalue weighted by Crippen LogP contribution is -2.53. The molecular formula is C16H25ClN2. The lowest BCUT2D eigenvalue weighted by molar-refractivity contribution is 0.189. The van der Waals surface area contributed by atoms with Crippen molar-refractivity contribution < 1.29 is 0 Å². The Balaban J connectivity index is 2.20. The number of halogens is 1. The van der Waals surface area contributed by atoms with Gasteiger partial charge in [-0.05, 0) is 55.7 Å². The zero-order valence-corrected chi connectivity index (χ0v) is 12.9. The van der Waals surface area contributed by atoms with Crippen LogP contribution in [0.1, 0.15) is 38.7 Å². The molecule has 0 radical (unpaired) electrons. The summed E-state index contributed by atoms with van der Waals surface area (Å²) in [6.07, 6.45) is 3.62. The maximum absolute atomic E-state index is 6.21. The molecule has 0 saturated heterocycles. The fraction of sp³-hybridized carbons (Fsp3) is 0.625. The van der Waals surface area contributed by atoms with Crippen molar-refractivity contribution in [1.82, 2.24) is 0 Å². The van der Waals surface area contributed by atoms with E-state index in [0.29, 0.717) is 12.5 Å². The average Bonchev–Trinajstić information content (AvgIpc) is 2.37. The number of rotatable bonds is 3. The lowest BCUT2D eigenvalue weighted by atomic mass is 9.70. The molecule has 0 aliphatic heterocycles. The van der Waals surface area contributed by atoms with Gasteiger partial charge in [0.25, 0.3) is 0 Å². The van der Waals surface area contributed by atoms with Crippen LogP contribution in [0.25, 0.3) is 0 Å². The van der Waals surface area contributed by atoms with E-state index in [1.807, 2.05) is 13.0 Å². The minimum absolute atomic E-state index is 0.0189. The first kappa shape index (κ1) is 14.7. The summed E-state index contributed by atoms with van der Waals surface area (Å²) in [6, 6.07) is 6.17. The van der Waals surface area contributed by atoms with Crippen molar-refractivity contribution in [1.29, 1.82) is 0 Å². The van der Waals surface area contributed by atoms with E-state index >= 15 is 0 Å². The van der Waals surface area contributed by atoms with Crippen molar-refractivity contribution in [3.05, 3.63) is 28.8 Å². The van der Waals surface area contributed by atoms with Crippen LogP contribution in [-0.4, -0.2) is 12.1 Å². The zero-order chi connectivity index (χ0) is 14.0. The van der Waals surface area contributed by atoms with Gasteiger partial charge in [-0.3, -0.25) is 0 Å². The number of hydrogen-bond donors (Lipinski definition) is 2. The number of benzene rings is 1. The highest BCUT2D eigenvalue weighted by Crippen LogP contribution is 2.38. The first-order chi connectivity index (χ1) is 8.97. The topological polar surface area (TPSA) is 38.0 Å². The average molecular weight is 281 g/mol. The summed E-state index contributed by atoms with van der Waals surface area (Å²) in [5.41, 5.74) is 8.31. The molecule has 19 heavy (non-hydrogen) atoms. The van der Waals surface area contributed by atoms with Crippen LogP contribution in [0, 0.1) is 18.8 Å². The molecule has 3 heteroatoms. The predicted octanol–water partition coefficient (Wildman–Crippen LogP) is 4.21. The molecule has 0 amide bonds. The van der Waals surface area contributed by atoms with Gasteiger partial charge in [0.05, 0.1) is 5.54 Å². The second kappa shape index (κ2) is 5.72. The van der Waals surface area contributed by atoms with Crippen LogP contribution in [0.3, 0.4) is 0 Å². The van der Waals surface area contributed by atoms with Crippen LogP contribution in [0.15, 0.2) is 18.2 Å². The Bertz CT molecular complexity index is 446. The molecular weight excluding hydrogens is 256 g/mol. The molecule has 0 aromatic heterocycles. The van der Waals surface area contributed by atoms with Crippen molar-refractivity contribution in [3.8, 4) is 0 Å². The van der Waals surface area contributed by atoms with E-state index in [-0.39, 0.29) is 5.54 Å². The van der Waals surface area contributed by atoms with Gasteiger partial charge in [-0.1, -0.05) is 31.5 Å². The van der Waals surface area contributed by atoms with Crippen LogP contribution in [0.4, 0.5) is 5.69 Å². The largest absolute Gasteiger partial charge is 0.378 e. The van der Waals surface area contributed by atoms with E-state index in [1.54, 1.807) is 0 Å². The summed E-state index contributed by atoms with van der Waals surface area (Å²) in [4.78, 5) is 0. The summed E-state index contributed by atoms with van der Waals surface area (Å²) in [7, 11) is 0. The normalized spacial score (nSPS) is 31.2. The lowest BCUT2D eigenvalue weighted by Gasteiger charge is -2.45. The van der Waals surface area contributed by atoms with Gasteiger partial charge >= 0.3 is 0 Å². The molecule has 1 aromatic carbocycles. The Hall–Kier alpha value is -0.730. The molecule has 3 atom stereocenters. The van der Waals surface area contributed by atoms with E-state index in [2.05, 4.69) is 31.3 Å². The summed E-state index contributed by atoms with van der Waals surface area (Å²) >= 11 is 6.21. The highest BCUT2D eigenvalue weighted by molar-refractivity contribution is 6.31. The quantitative estimate of drug-likeness (QED) is 0.870. The highest BCUT2D eigenvalue weighted by atomic mass is 35.5. The van der Waals surface area contributed by atoms with E-state index in [1.165, 1.54) is 12.8 Å². The van der Waals surface area contributed by atoms with Gasteiger partial charge in [0.2, 0.25) is 0 Å². The predicted molar refractivity (Wildman–Crippen MR) is 83.8 cm³/mol. The Morgan fingerprint density at radius 1 is 1.42 bits per heavy atom. The molecule has 1 aliphatic carbocycles. The number of nitrogens with two attached hydrogens (primary N) is 1. The third-order valence-electron chi connectivity index (χ3n) is 4.71. The van der Waals surface area contributed by atoms with Crippen LogP contribution in [0.5, 0.6) is 0 Å². The van der Waals surface area contributed by atoms with Gasteiger partial charge < -0.3 is 11.1 Å². The third-order valence-corrected chi connectivity index (χ3v) is 5.12. The highest BCUT2D eigenvalue weighted by Gasteiger charge is 2.39. The zero-order valence-electron chi connectivity index (χ0n) is 12.2. The molecule has 0 spiro atoms. The summed E-state index contributed by atoms with van der Waals surface area (Å²) in [5, 5.41) is 4.49. The summed E-state index contributed by atoms with van der Waals surface area (Å²) in [5.74, 6) is 1.39. The minimum Gasteiger partial charge on any atom is -0.378 e. The fourth-order valence-electron chi connectivity index (χ4n) is 3.20. The minimum atomic E-state index is 0.0189. The molecule has 0 heterocycles. The first-order valence-electron chi connectivity index (χ1n) is 7.21. The fourth-order valence-corrected chi connectivity index (χ4v) is 3.38.